The minimum absolute atomic E-state index is 0.620. The maximum absolute atomic E-state index is 5.22. The molecule has 0 spiro atoms. The standard InChI is InChI=1S/C7H13N3O/c1-3-5-10-6-8-9-7(10)11-4-2/h6H,3-5H2,1-2H3. The molecule has 0 fully saturated rings. The van der Waals surface area contributed by atoms with Gasteiger partial charge in [-0.2, -0.15) is 0 Å². The van der Waals surface area contributed by atoms with Crippen LogP contribution in [0.2, 0.25) is 0 Å². The Balaban J connectivity index is 2.62. The number of ether oxygens (including phenoxy) is 1. The van der Waals surface area contributed by atoms with Gasteiger partial charge < -0.3 is 4.74 Å². The first-order valence-corrected chi connectivity index (χ1v) is 3.89. The molecule has 0 aromatic carbocycles. The van der Waals surface area contributed by atoms with Crippen molar-refractivity contribution < 1.29 is 4.74 Å². The lowest BCUT2D eigenvalue weighted by Gasteiger charge is -2.03. The average molecular weight is 155 g/mol. The molecule has 0 radical (unpaired) electrons. The third-order valence-corrected chi connectivity index (χ3v) is 1.32. The van der Waals surface area contributed by atoms with Gasteiger partial charge in [0.25, 0.3) is 0 Å². The molecule has 0 saturated heterocycles. The number of hydrogen-bond acceptors (Lipinski definition) is 3. The number of hydrogen-bond donors (Lipinski definition) is 0. The van der Waals surface area contributed by atoms with Gasteiger partial charge in [0.15, 0.2) is 0 Å². The summed E-state index contributed by atoms with van der Waals surface area (Å²) >= 11 is 0. The summed E-state index contributed by atoms with van der Waals surface area (Å²) in [5, 5.41) is 7.56. The van der Waals surface area contributed by atoms with E-state index in [2.05, 4.69) is 17.1 Å². The van der Waals surface area contributed by atoms with Crippen LogP contribution in [0.15, 0.2) is 6.33 Å². The maximum Gasteiger partial charge on any atom is 0.316 e. The van der Waals surface area contributed by atoms with E-state index in [0.29, 0.717) is 12.6 Å². The summed E-state index contributed by atoms with van der Waals surface area (Å²) in [5.41, 5.74) is 0. The molecule has 0 aliphatic rings. The minimum atomic E-state index is 0.620. The molecule has 62 valence electrons. The third-order valence-electron chi connectivity index (χ3n) is 1.32. The summed E-state index contributed by atoms with van der Waals surface area (Å²) in [5.74, 6) is 0. The molecule has 0 amide bonds. The first kappa shape index (κ1) is 8.04. The summed E-state index contributed by atoms with van der Waals surface area (Å²) < 4.78 is 7.13. The normalized spacial score (nSPS) is 10.0. The highest BCUT2D eigenvalue weighted by Crippen LogP contribution is 2.05. The molecule has 0 unspecified atom stereocenters. The summed E-state index contributed by atoms with van der Waals surface area (Å²) in [7, 11) is 0. The molecule has 1 heterocycles. The van der Waals surface area contributed by atoms with Gasteiger partial charge in [-0.05, 0) is 13.3 Å². The van der Waals surface area contributed by atoms with Crippen LogP contribution in [-0.2, 0) is 6.54 Å². The van der Waals surface area contributed by atoms with Gasteiger partial charge in [0.05, 0.1) is 6.61 Å². The second-order valence-corrected chi connectivity index (χ2v) is 2.24. The second-order valence-electron chi connectivity index (χ2n) is 2.24. The lowest BCUT2D eigenvalue weighted by molar-refractivity contribution is 0.294. The summed E-state index contributed by atoms with van der Waals surface area (Å²) in [4.78, 5) is 0. The molecule has 0 bridgehead atoms. The molecular formula is C7H13N3O. The van der Waals surface area contributed by atoms with Crippen molar-refractivity contribution in [2.75, 3.05) is 6.61 Å². The van der Waals surface area contributed by atoms with E-state index in [-0.39, 0.29) is 0 Å². The van der Waals surface area contributed by atoms with Gasteiger partial charge in [0, 0.05) is 6.54 Å². The van der Waals surface area contributed by atoms with Crippen molar-refractivity contribution in [3.05, 3.63) is 6.33 Å². The largest absolute Gasteiger partial charge is 0.464 e. The lowest BCUT2D eigenvalue weighted by atomic mass is 10.5. The predicted octanol–water partition coefficient (Wildman–Crippen LogP) is 1.09. The van der Waals surface area contributed by atoms with Gasteiger partial charge in [-0.25, -0.2) is 0 Å². The molecule has 11 heavy (non-hydrogen) atoms. The molecule has 4 heteroatoms. The summed E-state index contributed by atoms with van der Waals surface area (Å²) in [6.07, 6.45) is 2.76. The molecule has 1 rings (SSSR count). The monoisotopic (exact) mass is 155 g/mol. The molecule has 1 aromatic heterocycles. The van der Waals surface area contributed by atoms with Crippen LogP contribution in [-0.4, -0.2) is 21.4 Å². The van der Waals surface area contributed by atoms with Crippen LogP contribution >= 0.6 is 0 Å². The zero-order valence-electron chi connectivity index (χ0n) is 6.95. The highest BCUT2D eigenvalue weighted by molar-refractivity contribution is 4.91. The molecular weight excluding hydrogens is 142 g/mol. The Bertz CT molecular complexity index is 189. The van der Waals surface area contributed by atoms with Crippen LogP contribution in [0, 0.1) is 0 Å². The lowest BCUT2D eigenvalue weighted by Crippen LogP contribution is -2.02. The van der Waals surface area contributed by atoms with Crippen LogP contribution in [0.1, 0.15) is 20.3 Å². The van der Waals surface area contributed by atoms with Crippen molar-refractivity contribution >= 4 is 0 Å². The van der Waals surface area contributed by atoms with Crippen molar-refractivity contribution in [1.82, 2.24) is 14.8 Å². The van der Waals surface area contributed by atoms with Crippen molar-refractivity contribution in [3.63, 3.8) is 0 Å². The molecule has 4 nitrogen and oxygen atoms in total. The summed E-state index contributed by atoms with van der Waals surface area (Å²) in [6, 6.07) is 0.620. The fourth-order valence-electron chi connectivity index (χ4n) is 0.880. The smallest absolute Gasteiger partial charge is 0.316 e. The minimum Gasteiger partial charge on any atom is -0.464 e. The van der Waals surface area contributed by atoms with E-state index in [1.54, 1.807) is 6.33 Å². The Kier molecular flexibility index (Phi) is 2.89. The van der Waals surface area contributed by atoms with Crippen LogP contribution in [0.25, 0.3) is 0 Å². The second kappa shape index (κ2) is 3.95. The zero-order chi connectivity index (χ0) is 8.10. The van der Waals surface area contributed by atoms with Gasteiger partial charge in [-0.1, -0.05) is 12.0 Å². The van der Waals surface area contributed by atoms with Crippen molar-refractivity contribution in [3.8, 4) is 6.01 Å². The van der Waals surface area contributed by atoms with E-state index in [0.717, 1.165) is 13.0 Å². The van der Waals surface area contributed by atoms with Crippen LogP contribution in [0.4, 0.5) is 0 Å². The highest BCUT2D eigenvalue weighted by Gasteiger charge is 2.01. The number of rotatable bonds is 4. The van der Waals surface area contributed by atoms with Crippen LogP contribution in [0.3, 0.4) is 0 Å². The van der Waals surface area contributed by atoms with E-state index in [9.17, 15) is 0 Å². The first-order valence-electron chi connectivity index (χ1n) is 3.89. The van der Waals surface area contributed by atoms with Gasteiger partial charge >= 0.3 is 6.01 Å². The first-order chi connectivity index (χ1) is 5.38. The average Bonchev–Trinajstić information content (AvgIpc) is 2.39. The van der Waals surface area contributed by atoms with E-state index in [1.165, 1.54) is 0 Å². The quantitative estimate of drug-likeness (QED) is 0.653. The topological polar surface area (TPSA) is 39.9 Å². The van der Waals surface area contributed by atoms with Gasteiger partial charge in [0.2, 0.25) is 0 Å². The van der Waals surface area contributed by atoms with Crippen molar-refractivity contribution in [2.45, 2.75) is 26.8 Å². The van der Waals surface area contributed by atoms with Crippen LogP contribution in [0.5, 0.6) is 6.01 Å². The Morgan fingerprint density at radius 2 is 2.36 bits per heavy atom. The van der Waals surface area contributed by atoms with Crippen molar-refractivity contribution in [2.24, 2.45) is 0 Å². The zero-order valence-corrected chi connectivity index (χ0v) is 6.95. The fourth-order valence-corrected chi connectivity index (χ4v) is 0.880. The fraction of sp³-hybridized carbons (Fsp3) is 0.714. The number of aryl methyl sites for hydroxylation is 1. The number of nitrogens with zero attached hydrogens (tertiary/aromatic N) is 3. The van der Waals surface area contributed by atoms with Gasteiger partial charge in [-0.3, -0.25) is 4.57 Å². The molecule has 1 aromatic rings. The Hall–Kier alpha value is -1.06. The van der Waals surface area contributed by atoms with E-state index >= 15 is 0 Å². The molecule has 0 N–H and O–H groups in total. The molecule has 0 saturated carbocycles. The highest BCUT2D eigenvalue weighted by atomic mass is 16.5. The third kappa shape index (κ3) is 1.93. The van der Waals surface area contributed by atoms with E-state index in [1.807, 2.05) is 11.5 Å². The molecule has 0 aliphatic heterocycles. The number of aromatic nitrogens is 3. The summed E-state index contributed by atoms with van der Waals surface area (Å²) in [6.45, 7) is 5.60. The molecule has 0 aliphatic carbocycles. The van der Waals surface area contributed by atoms with E-state index < -0.39 is 0 Å². The van der Waals surface area contributed by atoms with Gasteiger partial charge in [-0.15, -0.1) is 5.10 Å². The SMILES string of the molecule is CCCn1cnnc1OCC. The Labute approximate surface area is 66.2 Å². The van der Waals surface area contributed by atoms with Crippen LogP contribution < -0.4 is 4.74 Å². The Morgan fingerprint density at radius 3 is 3.00 bits per heavy atom. The predicted molar refractivity (Wildman–Crippen MR) is 41.5 cm³/mol. The molecule has 0 atom stereocenters. The van der Waals surface area contributed by atoms with Crippen molar-refractivity contribution in [1.29, 1.82) is 0 Å². The Morgan fingerprint density at radius 1 is 1.55 bits per heavy atom. The van der Waals surface area contributed by atoms with Gasteiger partial charge in [0.1, 0.15) is 6.33 Å². The maximum atomic E-state index is 5.22. The van der Waals surface area contributed by atoms with E-state index in [4.69, 9.17) is 4.74 Å².